The molecule has 0 atom stereocenters. The molecular formula is C20H24ClN3O4S. The molecule has 9 heteroatoms. The summed E-state index contributed by atoms with van der Waals surface area (Å²) in [6.07, 6.45) is 0. The number of hydrogen-bond donors (Lipinski definition) is 2. The summed E-state index contributed by atoms with van der Waals surface area (Å²) in [5, 5.41) is 2.93. The second kappa shape index (κ2) is 9.87. The van der Waals surface area contributed by atoms with Gasteiger partial charge in [-0.15, -0.1) is 0 Å². The molecule has 29 heavy (non-hydrogen) atoms. The summed E-state index contributed by atoms with van der Waals surface area (Å²) in [7, 11) is -3.58. The first-order valence-electron chi connectivity index (χ1n) is 9.23. The Kier molecular flexibility index (Phi) is 7.78. The van der Waals surface area contributed by atoms with E-state index in [1.807, 2.05) is 13.8 Å². The third-order valence-electron chi connectivity index (χ3n) is 4.27. The highest BCUT2D eigenvalue weighted by molar-refractivity contribution is 7.89. The minimum absolute atomic E-state index is 0.0817. The smallest absolute Gasteiger partial charge is 0.255 e. The van der Waals surface area contributed by atoms with E-state index in [1.165, 1.54) is 30.3 Å². The molecule has 0 aliphatic rings. The van der Waals surface area contributed by atoms with E-state index in [0.717, 1.165) is 0 Å². The van der Waals surface area contributed by atoms with E-state index in [1.54, 1.807) is 24.0 Å². The fourth-order valence-corrected chi connectivity index (χ4v) is 4.01. The molecule has 0 radical (unpaired) electrons. The van der Waals surface area contributed by atoms with Gasteiger partial charge in [0.15, 0.2) is 0 Å². The number of amides is 2. The molecule has 2 aromatic rings. The van der Waals surface area contributed by atoms with Crippen LogP contribution in [0.2, 0.25) is 5.02 Å². The van der Waals surface area contributed by atoms with Gasteiger partial charge in [0, 0.05) is 30.9 Å². The van der Waals surface area contributed by atoms with Gasteiger partial charge in [-0.2, -0.15) is 0 Å². The summed E-state index contributed by atoms with van der Waals surface area (Å²) in [5.74, 6) is -0.591. The number of carbonyl (C=O) groups excluding carboxylic acids is 2. The van der Waals surface area contributed by atoms with E-state index in [4.69, 9.17) is 11.6 Å². The third-order valence-corrected chi connectivity index (χ3v) is 6.14. The first-order valence-corrected chi connectivity index (χ1v) is 11.1. The highest BCUT2D eigenvalue weighted by Gasteiger charge is 2.17. The van der Waals surface area contributed by atoms with E-state index in [0.29, 0.717) is 29.9 Å². The maximum absolute atomic E-state index is 12.4. The van der Waals surface area contributed by atoms with Gasteiger partial charge in [-0.05, 0) is 56.3 Å². The molecule has 0 bridgehead atoms. The fourth-order valence-electron chi connectivity index (χ4n) is 2.71. The Balaban J connectivity index is 2.15. The van der Waals surface area contributed by atoms with E-state index in [-0.39, 0.29) is 22.4 Å². The third kappa shape index (κ3) is 5.56. The zero-order valence-electron chi connectivity index (χ0n) is 16.5. The lowest BCUT2D eigenvalue weighted by Crippen LogP contribution is -2.30. The van der Waals surface area contributed by atoms with Gasteiger partial charge in [-0.3, -0.25) is 9.59 Å². The Morgan fingerprint density at radius 1 is 1.00 bits per heavy atom. The highest BCUT2D eigenvalue weighted by Crippen LogP contribution is 2.23. The molecule has 0 spiro atoms. The summed E-state index contributed by atoms with van der Waals surface area (Å²) >= 11 is 6.24. The number of nitrogens with one attached hydrogen (secondary N) is 2. The van der Waals surface area contributed by atoms with E-state index >= 15 is 0 Å². The van der Waals surface area contributed by atoms with Crippen molar-refractivity contribution >= 4 is 39.1 Å². The number of sulfonamides is 1. The predicted molar refractivity (Wildman–Crippen MR) is 114 cm³/mol. The monoisotopic (exact) mass is 437 g/mol. The number of anilines is 1. The number of carbonyl (C=O) groups is 2. The summed E-state index contributed by atoms with van der Waals surface area (Å²) < 4.78 is 26.3. The first-order chi connectivity index (χ1) is 13.7. The van der Waals surface area contributed by atoms with Crippen molar-refractivity contribution in [2.24, 2.45) is 0 Å². The molecular weight excluding hydrogens is 414 g/mol. The lowest BCUT2D eigenvalue weighted by atomic mass is 10.1. The quantitative estimate of drug-likeness (QED) is 0.661. The maximum atomic E-state index is 12.4. The molecule has 0 aliphatic heterocycles. The first kappa shape index (κ1) is 22.9. The van der Waals surface area contributed by atoms with Gasteiger partial charge in [0.25, 0.3) is 11.8 Å². The van der Waals surface area contributed by atoms with Crippen molar-refractivity contribution < 1.29 is 18.0 Å². The van der Waals surface area contributed by atoms with Crippen molar-refractivity contribution in [2.75, 3.05) is 25.0 Å². The zero-order chi connectivity index (χ0) is 21.6. The van der Waals surface area contributed by atoms with E-state index < -0.39 is 15.9 Å². The van der Waals surface area contributed by atoms with Gasteiger partial charge in [-0.1, -0.05) is 18.5 Å². The van der Waals surface area contributed by atoms with Crippen molar-refractivity contribution in [1.82, 2.24) is 9.62 Å². The molecule has 0 saturated carbocycles. The van der Waals surface area contributed by atoms with Crippen molar-refractivity contribution in [3.05, 3.63) is 58.6 Å². The van der Waals surface area contributed by atoms with E-state index in [2.05, 4.69) is 10.0 Å². The van der Waals surface area contributed by atoms with Gasteiger partial charge in [0.1, 0.15) is 0 Å². The van der Waals surface area contributed by atoms with Crippen molar-refractivity contribution in [3.8, 4) is 0 Å². The molecule has 156 valence electrons. The summed E-state index contributed by atoms with van der Waals surface area (Å²) in [4.78, 5) is 26.6. The van der Waals surface area contributed by atoms with Crippen molar-refractivity contribution in [3.63, 3.8) is 0 Å². The molecule has 0 aliphatic carbocycles. The molecule has 2 rings (SSSR count). The van der Waals surface area contributed by atoms with Crippen LogP contribution >= 0.6 is 11.6 Å². The van der Waals surface area contributed by atoms with Crippen LogP contribution < -0.4 is 10.0 Å². The van der Waals surface area contributed by atoms with Crippen LogP contribution in [-0.4, -0.2) is 44.8 Å². The van der Waals surface area contributed by atoms with Crippen LogP contribution in [-0.2, 0) is 10.0 Å². The Morgan fingerprint density at radius 2 is 1.62 bits per heavy atom. The maximum Gasteiger partial charge on any atom is 0.255 e. The molecule has 0 aromatic heterocycles. The fraction of sp³-hybridized carbons (Fsp3) is 0.300. The van der Waals surface area contributed by atoms with Gasteiger partial charge < -0.3 is 10.2 Å². The Hall–Kier alpha value is -2.42. The number of hydrogen-bond acceptors (Lipinski definition) is 4. The second-order valence-electron chi connectivity index (χ2n) is 6.15. The molecule has 2 amide bonds. The predicted octanol–water partition coefficient (Wildman–Crippen LogP) is 3.37. The number of rotatable bonds is 8. The van der Waals surface area contributed by atoms with Crippen LogP contribution in [0.4, 0.5) is 5.69 Å². The average molecular weight is 438 g/mol. The average Bonchev–Trinajstić information content (AvgIpc) is 2.69. The minimum atomic E-state index is -3.58. The van der Waals surface area contributed by atoms with Gasteiger partial charge >= 0.3 is 0 Å². The molecule has 0 heterocycles. The molecule has 0 fully saturated rings. The van der Waals surface area contributed by atoms with Crippen molar-refractivity contribution in [1.29, 1.82) is 0 Å². The highest BCUT2D eigenvalue weighted by atomic mass is 35.5. The van der Waals surface area contributed by atoms with Crippen LogP contribution in [0.1, 0.15) is 41.5 Å². The number of benzene rings is 2. The topological polar surface area (TPSA) is 95.6 Å². The van der Waals surface area contributed by atoms with Gasteiger partial charge in [-0.25, -0.2) is 13.1 Å². The van der Waals surface area contributed by atoms with Gasteiger partial charge in [0.05, 0.1) is 15.5 Å². The van der Waals surface area contributed by atoms with E-state index in [9.17, 15) is 18.0 Å². The number of halogens is 1. The minimum Gasteiger partial charge on any atom is -0.339 e. The second-order valence-corrected chi connectivity index (χ2v) is 8.33. The molecule has 7 nitrogen and oxygen atoms in total. The summed E-state index contributed by atoms with van der Waals surface area (Å²) in [6, 6.07) is 10.3. The van der Waals surface area contributed by atoms with Gasteiger partial charge in [0.2, 0.25) is 10.0 Å². The molecule has 0 saturated heterocycles. The summed E-state index contributed by atoms with van der Waals surface area (Å²) in [5.41, 5.74) is 1.09. The van der Waals surface area contributed by atoms with Crippen LogP contribution in [0.5, 0.6) is 0 Å². The SMILES string of the molecule is CCNS(=O)(=O)c1ccc(C(=O)Nc2ccc(C(=O)N(CC)CC)c(Cl)c2)cc1. The molecule has 0 unspecified atom stereocenters. The van der Waals surface area contributed by atoms with Crippen molar-refractivity contribution in [2.45, 2.75) is 25.7 Å². The van der Waals surface area contributed by atoms with Crippen LogP contribution in [0.15, 0.2) is 47.4 Å². The lowest BCUT2D eigenvalue weighted by Gasteiger charge is -2.19. The Bertz CT molecular complexity index is 987. The normalized spacial score (nSPS) is 11.2. The van der Waals surface area contributed by atoms with Crippen LogP contribution in [0.25, 0.3) is 0 Å². The molecule has 2 aromatic carbocycles. The van der Waals surface area contributed by atoms with Crippen LogP contribution in [0, 0.1) is 0 Å². The summed E-state index contributed by atoms with van der Waals surface area (Å²) in [6.45, 7) is 6.88. The Morgan fingerprint density at radius 3 is 2.14 bits per heavy atom. The number of nitrogens with zero attached hydrogens (tertiary/aromatic N) is 1. The largest absolute Gasteiger partial charge is 0.339 e. The lowest BCUT2D eigenvalue weighted by molar-refractivity contribution is 0.0773. The van der Waals surface area contributed by atoms with Crippen LogP contribution in [0.3, 0.4) is 0 Å². The molecule has 2 N–H and O–H groups in total. The standard InChI is InChI=1S/C20H24ClN3O4S/c1-4-22-29(27,28)16-10-7-14(8-11-16)19(25)23-15-9-12-17(18(21)13-15)20(26)24(5-2)6-3/h7-13,22H,4-6H2,1-3H3,(H,23,25). The Labute approximate surface area is 176 Å². The zero-order valence-corrected chi connectivity index (χ0v) is 18.1.